The van der Waals surface area contributed by atoms with Crippen LogP contribution in [-0.2, 0) is 5.41 Å². The van der Waals surface area contributed by atoms with Crippen molar-refractivity contribution in [2.24, 2.45) is 0 Å². The summed E-state index contributed by atoms with van der Waals surface area (Å²) in [4.78, 5) is 14.4. The molecule has 0 bridgehead atoms. The molecule has 0 atom stereocenters. The molecule has 0 amide bonds. The SMILES string of the molecule is [C-]#[N+]c1ccccc1-c1cc(-c2nc(-c3ccccc3)c3ccccc3n2)cc(-n2c3ccccc3c3c4c(ccc32)-c2ccccc2C4(C)C)c1. The lowest BCUT2D eigenvalue weighted by Gasteiger charge is -2.22. The van der Waals surface area contributed by atoms with Crippen molar-refractivity contribution in [2.45, 2.75) is 19.3 Å². The minimum atomic E-state index is -0.172. The van der Waals surface area contributed by atoms with Gasteiger partial charge in [-0.1, -0.05) is 135 Å². The van der Waals surface area contributed by atoms with E-state index in [9.17, 15) is 0 Å². The Labute approximate surface area is 302 Å². The van der Waals surface area contributed by atoms with E-state index in [1.807, 2.05) is 54.6 Å². The average Bonchev–Trinajstić information content (AvgIpc) is 3.66. The molecule has 1 aliphatic carbocycles. The molecule has 0 saturated carbocycles. The molecule has 2 aromatic heterocycles. The van der Waals surface area contributed by atoms with Crippen LogP contribution in [0, 0.1) is 6.57 Å². The third-order valence-corrected chi connectivity index (χ3v) is 10.8. The van der Waals surface area contributed by atoms with Crippen molar-refractivity contribution in [3.63, 3.8) is 0 Å². The predicted molar refractivity (Wildman–Crippen MR) is 214 cm³/mol. The van der Waals surface area contributed by atoms with Gasteiger partial charge in [-0.25, -0.2) is 14.8 Å². The fraction of sp³-hybridized carbons (Fsp3) is 0.0625. The number of aromatic nitrogens is 3. The average molecular weight is 665 g/mol. The lowest BCUT2D eigenvalue weighted by molar-refractivity contribution is 0.666. The quantitative estimate of drug-likeness (QED) is 0.176. The lowest BCUT2D eigenvalue weighted by atomic mass is 9.80. The van der Waals surface area contributed by atoms with Crippen molar-refractivity contribution >= 4 is 38.4 Å². The van der Waals surface area contributed by atoms with Crippen molar-refractivity contribution in [3.8, 4) is 50.6 Å². The molecule has 52 heavy (non-hydrogen) atoms. The molecule has 0 radical (unpaired) electrons. The number of hydrogen-bond donors (Lipinski definition) is 0. The molecule has 0 saturated heterocycles. The monoisotopic (exact) mass is 664 g/mol. The number of hydrogen-bond acceptors (Lipinski definition) is 2. The molecular weight excluding hydrogens is 633 g/mol. The first-order valence-corrected chi connectivity index (χ1v) is 17.6. The van der Waals surface area contributed by atoms with E-state index in [4.69, 9.17) is 16.5 Å². The van der Waals surface area contributed by atoms with Gasteiger partial charge in [0.15, 0.2) is 11.5 Å². The third-order valence-electron chi connectivity index (χ3n) is 10.8. The highest BCUT2D eigenvalue weighted by Crippen LogP contribution is 2.53. The van der Waals surface area contributed by atoms with E-state index in [1.165, 1.54) is 33.0 Å². The molecule has 244 valence electrons. The van der Waals surface area contributed by atoms with Gasteiger partial charge >= 0.3 is 0 Å². The number of nitrogens with zero attached hydrogens (tertiary/aromatic N) is 4. The molecule has 4 nitrogen and oxygen atoms in total. The van der Waals surface area contributed by atoms with Crippen molar-refractivity contribution in [2.75, 3.05) is 0 Å². The van der Waals surface area contributed by atoms with Crippen LogP contribution in [0.5, 0.6) is 0 Å². The van der Waals surface area contributed by atoms with E-state index >= 15 is 0 Å². The van der Waals surface area contributed by atoms with Gasteiger partial charge < -0.3 is 4.57 Å². The third kappa shape index (κ3) is 4.39. The van der Waals surface area contributed by atoms with Gasteiger partial charge in [0.1, 0.15) is 0 Å². The Morgan fingerprint density at radius 2 is 1.25 bits per heavy atom. The summed E-state index contributed by atoms with van der Waals surface area (Å²) in [6.45, 7) is 12.7. The second-order valence-corrected chi connectivity index (χ2v) is 14.1. The molecule has 7 aromatic carbocycles. The van der Waals surface area contributed by atoms with E-state index in [0.29, 0.717) is 11.5 Å². The Balaban J connectivity index is 1.29. The van der Waals surface area contributed by atoms with Gasteiger partial charge in [-0.3, -0.25) is 0 Å². The smallest absolute Gasteiger partial charge is 0.194 e. The molecule has 0 N–H and O–H groups in total. The Kier molecular flexibility index (Phi) is 6.55. The van der Waals surface area contributed by atoms with Crippen molar-refractivity contribution < 1.29 is 0 Å². The first-order valence-electron chi connectivity index (χ1n) is 17.6. The van der Waals surface area contributed by atoms with Crippen molar-refractivity contribution in [3.05, 3.63) is 180 Å². The van der Waals surface area contributed by atoms with Crippen LogP contribution >= 0.6 is 0 Å². The molecule has 10 rings (SSSR count). The van der Waals surface area contributed by atoms with Crippen LogP contribution in [0.3, 0.4) is 0 Å². The predicted octanol–water partition coefficient (Wildman–Crippen LogP) is 12.6. The summed E-state index contributed by atoms with van der Waals surface area (Å²) in [7, 11) is 0. The fourth-order valence-electron chi connectivity index (χ4n) is 8.47. The van der Waals surface area contributed by atoms with Gasteiger partial charge in [0.05, 0.1) is 28.8 Å². The maximum Gasteiger partial charge on any atom is 0.194 e. The van der Waals surface area contributed by atoms with Crippen LogP contribution < -0.4 is 0 Å². The Morgan fingerprint density at radius 3 is 2.10 bits per heavy atom. The summed E-state index contributed by atoms with van der Waals surface area (Å²) in [6, 6.07) is 55.1. The Morgan fingerprint density at radius 1 is 0.558 bits per heavy atom. The highest BCUT2D eigenvalue weighted by atomic mass is 15.0. The zero-order chi connectivity index (χ0) is 35.0. The molecule has 0 aliphatic heterocycles. The van der Waals surface area contributed by atoms with Crippen LogP contribution in [0.4, 0.5) is 5.69 Å². The molecule has 9 aromatic rings. The molecule has 1 aliphatic rings. The second kappa shape index (κ2) is 11.3. The first-order chi connectivity index (χ1) is 25.5. The summed E-state index contributed by atoms with van der Waals surface area (Å²) >= 11 is 0. The molecule has 0 spiro atoms. The Hall–Kier alpha value is -6.83. The summed E-state index contributed by atoms with van der Waals surface area (Å²) in [6.07, 6.45) is 0. The molecule has 0 fully saturated rings. The Bertz CT molecular complexity index is 2940. The van der Waals surface area contributed by atoms with Gasteiger partial charge in [-0.2, -0.15) is 0 Å². The fourth-order valence-corrected chi connectivity index (χ4v) is 8.47. The highest BCUT2D eigenvalue weighted by Gasteiger charge is 2.38. The van der Waals surface area contributed by atoms with Crippen LogP contribution in [0.2, 0.25) is 0 Å². The van der Waals surface area contributed by atoms with Crippen LogP contribution in [-0.4, -0.2) is 14.5 Å². The number of fused-ring (bicyclic) bond motifs is 8. The summed E-state index contributed by atoms with van der Waals surface area (Å²) in [5.41, 5.74) is 14.5. The standard InChI is InChI=1S/C48H32N4/c1-48(2)39-21-11-7-18-35(39)36-25-26-43-44(45(36)48)38-20-10-14-24-42(38)52(43)33-28-31(34-17-8-12-22-40(34)49-3)27-32(29-33)47-50-41-23-13-9-19-37(41)46(51-47)30-15-5-4-6-16-30/h4-29H,1-2H3. The topological polar surface area (TPSA) is 35.1 Å². The van der Waals surface area contributed by atoms with Crippen molar-refractivity contribution in [1.29, 1.82) is 0 Å². The van der Waals surface area contributed by atoms with E-state index in [2.05, 4.69) is 126 Å². The van der Waals surface area contributed by atoms with Crippen LogP contribution in [0.25, 0.3) is 88.1 Å². The molecule has 2 heterocycles. The maximum atomic E-state index is 8.03. The molecular formula is C48H32N4. The summed E-state index contributed by atoms with van der Waals surface area (Å²) in [5.74, 6) is 0.638. The number of rotatable bonds is 4. The van der Waals surface area contributed by atoms with Gasteiger partial charge in [-0.05, 0) is 69.8 Å². The van der Waals surface area contributed by atoms with Gasteiger partial charge in [0.2, 0.25) is 0 Å². The van der Waals surface area contributed by atoms with E-state index in [0.717, 1.165) is 55.6 Å². The van der Waals surface area contributed by atoms with E-state index in [1.54, 1.807) is 0 Å². The largest absolute Gasteiger partial charge is 0.309 e. The number of para-hydroxylation sites is 3. The highest BCUT2D eigenvalue weighted by molar-refractivity contribution is 6.14. The van der Waals surface area contributed by atoms with Gasteiger partial charge in [0, 0.05) is 38.4 Å². The van der Waals surface area contributed by atoms with Gasteiger partial charge in [0.25, 0.3) is 0 Å². The first kappa shape index (κ1) is 30.0. The van der Waals surface area contributed by atoms with Crippen LogP contribution in [0.1, 0.15) is 25.0 Å². The number of benzene rings is 7. The van der Waals surface area contributed by atoms with Crippen LogP contribution in [0.15, 0.2) is 158 Å². The maximum absolute atomic E-state index is 8.03. The zero-order valence-electron chi connectivity index (χ0n) is 28.8. The van der Waals surface area contributed by atoms with E-state index < -0.39 is 0 Å². The summed E-state index contributed by atoms with van der Waals surface area (Å²) in [5, 5.41) is 3.50. The molecule has 0 unspecified atom stereocenters. The lowest BCUT2D eigenvalue weighted by Crippen LogP contribution is -2.15. The second-order valence-electron chi connectivity index (χ2n) is 14.1. The minimum absolute atomic E-state index is 0.172. The van der Waals surface area contributed by atoms with Crippen molar-refractivity contribution in [1.82, 2.24) is 14.5 Å². The molecule has 4 heteroatoms. The van der Waals surface area contributed by atoms with E-state index in [-0.39, 0.29) is 5.41 Å². The minimum Gasteiger partial charge on any atom is -0.309 e. The van der Waals surface area contributed by atoms with Gasteiger partial charge in [-0.15, -0.1) is 0 Å². The summed E-state index contributed by atoms with van der Waals surface area (Å²) < 4.78 is 2.39. The normalized spacial score (nSPS) is 12.9. The zero-order valence-corrected chi connectivity index (χ0v) is 28.8.